The van der Waals surface area contributed by atoms with Crippen LogP contribution in [0.4, 0.5) is 5.69 Å². The van der Waals surface area contributed by atoms with Crippen molar-refractivity contribution >= 4 is 46.2 Å². The molecule has 1 heterocycles. The van der Waals surface area contributed by atoms with Crippen molar-refractivity contribution in [2.75, 3.05) is 6.61 Å². The van der Waals surface area contributed by atoms with Crippen LogP contribution < -0.4 is 0 Å². The van der Waals surface area contributed by atoms with Crippen LogP contribution in [0.3, 0.4) is 0 Å². The van der Waals surface area contributed by atoms with Crippen molar-refractivity contribution in [1.29, 1.82) is 0 Å². The molecular formula is C16H16INO9. The molecule has 1 aliphatic rings. The average molecular weight is 493 g/mol. The van der Waals surface area contributed by atoms with Crippen LogP contribution >= 0.6 is 22.6 Å². The highest BCUT2D eigenvalue weighted by Gasteiger charge is 2.48. The predicted molar refractivity (Wildman–Crippen MR) is 97.2 cm³/mol. The minimum Gasteiger partial charge on any atom is -0.459 e. The van der Waals surface area contributed by atoms with E-state index in [4.69, 9.17) is 18.9 Å². The van der Waals surface area contributed by atoms with Gasteiger partial charge in [0.2, 0.25) is 6.29 Å². The van der Waals surface area contributed by atoms with E-state index in [0.29, 0.717) is 0 Å². The highest BCUT2D eigenvalue weighted by Crippen LogP contribution is 2.31. The zero-order chi connectivity index (χ0) is 20.1. The topological polar surface area (TPSA) is 131 Å². The van der Waals surface area contributed by atoms with Gasteiger partial charge in [0, 0.05) is 26.0 Å². The molecule has 0 amide bonds. The minimum absolute atomic E-state index is 0.136. The summed E-state index contributed by atoms with van der Waals surface area (Å²) >= 11 is 1.96. The number of carbonyl (C=O) groups excluding carboxylic acids is 3. The molecule has 0 saturated carbocycles. The summed E-state index contributed by atoms with van der Waals surface area (Å²) in [5.74, 6) is -1.87. The van der Waals surface area contributed by atoms with Crippen molar-refractivity contribution in [2.24, 2.45) is 0 Å². The zero-order valence-electron chi connectivity index (χ0n) is 14.3. The number of nitro benzene ring substituents is 1. The SMILES string of the molecule is CC(=O)O[C@@H]1O[C@H](COC(=O)c2ccc([N+](=O)[O-])cc2)[C@@H](I)[C@H]1OC(C)=O. The summed E-state index contributed by atoms with van der Waals surface area (Å²) in [6.45, 7) is 2.23. The van der Waals surface area contributed by atoms with Gasteiger partial charge in [-0.15, -0.1) is 0 Å². The predicted octanol–water partition coefficient (Wildman–Crippen LogP) is 1.77. The van der Waals surface area contributed by atoms with Gasteiger partial charge in [0.05, 0.1) is 14.4 Å². The first-order chi connectivity index (χ1) is 12.7. The molecule has 27 heavy (non-hydrogen) atoms. The number of ether oxygens (including phenoxy) is 4. The first kappa shape index (κ1) is 21.0. The van der Waals surface area contributed by atoms with Gasteiger partial charge in [0.1, 0.15) is 12.7 Å². The number of benzene rings is 1. The van der Waals surface area contributed by atoms with E-state index in [2.05, 4.69) is 0 Å². The van der Waals surface area contributed by atoms with Gasteiger partial charge in [-0.1, -0.05) is 22.6 Å². The molecule has 0 spiro atoms. The van der Waals surface area contributed by atoms with Gasteiger partial charge in [0.15, 0.2) is 6.10 Å². The molecule has 1 aromatic rings. The van der Waals surface area contributed by atoms with Gasteiger partial charge in [-0.05, 0) is 12.1 Å². The lowest BCUT2D eigenvalue weighted by Gasteiger charge is -2.19. The number of esters is 3. The quantitative estimate of drug-likeness (QED) is 0.145. The van der Waals surface area contributed by atoms with Crippen molar-refractivity contribution in [3.63, 3.8) is 0 Å². The molecule has 146 valence electrons. The maximum atomic E-state index is 12.1. The van der Waals surface area contributed by atoms with Gasteiger partial charge < -0.3 is 18.9 Å². The summed E-state index contributed by atoms with van der Waals surface area (Å²) in [6.07, 6.45) is -2.62. The van der Waals surface area contributed by atoms with E-state index in [9.17, 15) is 24.5 Å². The smallest absolute Gasteiger partial charge is 0.338 e. The third-order valence-electron chi connectivity index (χ3n) is 3.52. The standard InChI is InChI=1S/C16H16INO9/c1-8(19)25-14-13(17)12(27-16(14)26-9(2)20)7-24-15(21)10-3-5-11(6-4-10)18(22)23/h3-6,12-14,16H,7H2,1-2H3/t12-,13-,14-,16-/m1/s1. The van der Waals surface area contributed by atoms with Crippen LogP contribution in [-0.2, 0) is 28.5 Å². The molecule has 0 aromatic heterocycles. The van der Waals surface area contributed by atoms with Crippen LogP contribution in [0.1, 0.15) is 24.2 Å². The number of non-ortho nitro benzene ring substituents is 1. The number of hydrogen-bond donors (Lipinski definition) is 0. The number of alkyl halides is 1. The highest BCUT2D eigenvalue weighted by molar-refractivity contribution is 14.1. The minimum atomic E-state index is -1.10. The van der Waals surface area contributed by atoms with Gasteiger partial charge in [0.25, 0.3) is 5.69 Å². The molecule has 0 unspecified atom stereocenters. The number of nitro groups is 1. The Labute approximate surface area is 167 Å². The molecule has 4 atom stereocenters. The van der Waals surface area contributed by atoms with Crippen LogP contribution in [0.15, 0.2) is 24.3 Å². The molecule has 11 heteroatoms. The lowest BCUT2D eigenvalue weighted by Crippen LogP contribution is -2.35. The monoisotopic (exact) mass is 493 g/mol. The van der Waals surface area contributed by atoms with Crippen molar-refractivity contribution in [1.82, 2.24) is 0 Å². The third kappa shape index (κ3) is 5.60. The maximum absolute atomic E-state index is 12.1. The summed E-state index contributed by atoms with van der Waals surface area (Å²) in [4.78, 5) is 44.6. The molecule has 0 aliphatic carbocycles. The number of hydrogen-bond acceptors (Lipinski definition) is 9. The van der Waals surface area contributed by atoms with Crippen molar-refractivity contribution < 1.29 is 38.3 Å². The Bertz CT molecular complexity index is 736. The van der Waals surface area contributed by atoms with Crippen LogP contribution in [0.25, 0.3) is 0 Å². The van der Waals surface area contributed by atoms with E-state index >= 15 is 0 Å². The van der Waals surface area contributed by atoms with Gasteiger partial charge in [-0.2, -0.15) is 0 Å². The van der Waals surface area contributed by atoms with E-state index in [1.807, 2.05) is 22.6 Å². The summed E-state index contributed by atoms with van der Waals surface area (Å²) < 4.78 is 20.4. The van der Waals surface area contributed by atoms with Crippen molar-refractivity contribution in [3.8, 4) is 0 Å². The van der Waals surface area contributed by atoms with E-state index in [1.54, 1.807) is 0 Å². The average Bonchev–Trinajstić information content (AvgIpc) is 2.87. The Morgan fingerprint density at radius 3 is 2.26 bits per heavy atom. The third-order valence-corrected chi connectivity index (χ3v) is 5.03. The van der Waals surface area contributed by atoms with Crippen LogP contribution in [0.5, 0.6) is 0 Å². The molecule has 2 rings (SSSR count). The zero-order valence-corrected chi connectivity index (χ0v) is 16.5. The Kier molecular flexibility index (Phi) is 7.07. The molecule has 0 N–H and O–H groups in total. The molecule has 1 saturated heterocycles. The largest absolute Gasteiger partial charge is 0.459 e. The Hall–Kier alpha value is -2.28. The van der Waals surface area contributed by atoms with Gasteiger partial charge >= 0.3 is 17.9 Å². The molecule has 1 aromatic carbocycles. The second kappa shape index (κ2) is 9.08. The second-order valence-corrected chi connectivity index (χ2v) is 7.01. The molecule has 0 bridgehead atoms. The maximum Gasteiger partial charge on any atom is 0.338 e. The number of rotatable bonds is 6. The summed E-state index contributed by atoms with van der Waals surface area (Å²) in [6, 6.07) is 4.94. The fourth-order valence-electron chi connectivity index (χ4n) is 2.35. The van der Waals surface area contributed by atoms with E-state index in [0.717, 1.165) is 0 Å². The molecule has 1 fully saturated rings. The molecular weight excluding hydrogens is 477 g/mol. The van der Waals surface area contributed by atoms with Gasteiger partial charge in [-0.25, -0.2) is 4.79 Å². The van der Waals surface area contributed by atoms with Crippen LogP contribution in [0, 0.1) is 10.1 Å². The Balaban J connectivity index is 1.99. The first-order valence-corrected chi connectivity index (χ1v) is 8.99. The first-order valence-electron chi connectivity index (χ1n) is 7.74. The van der Waals surface area contributed by atoms with Gasteiger partial charge in [-0.3, -0.25) is 19.7 Å². The van der Waals surface area contributed by atoms with E-state index in [1.165, 1.54) is 38.1 Å². The number of nitrogens with zero attached hydrogens (tertiary/aromatic N) is 1. The van der Waals surface area contributed by atoms with Crippen molar-refractivity contribution in [3.05, 3.63) is 39.9 Å². The van der Waals surface area contributed by atoms with Crippen molar-refractivity contribution in [2.45, 2.75) is 36.3 Å². The fraction of sp³-hybridized carbons (Fsp3) is 0.438. The lowest BCUT2D eigenvalue weighted by molar-refractivity contribution is -0.384. The van der Waals surface area contributed by atoms with Crippen LogP contribution in [0.2, 0.25) is 0 Å². The molecule has 1 aliphatic heterocycles. The Morgan fingerprint density at radius 2 is 1.74 bits per heavy atom. The Morgan fingerprint density at radius 1 is 1.15 bits per heavy atom. The number of halogens is 1. The summed E-state index contributed by atoms with van der Waals surface area (Å²) in [7, 11) is 0. The lowest BCUT2D eigenvalue weighted by atomic mass is 10.2. The van der Waals surface area contributed by atoms with E-state index in [-0.39, 0.29) is 17.9 Å². The summed E-state index contributed by atoms with van der Waals surface area (Å²) in [5, 5.41) is 10.6. The summed E-state index contributed by atoms with van der Waals surface area (Å²) in [5.41, 5.74) is -0.0110. The number of carbonyl (C=O) groups is 3. The van der Waals surface area contributed by atoms with E-state index < -0.39 is 45.3 Å². The normalized spacial score (nSPS) is 24.1. The molecule has 10 nitrogen and oxygen atoms in total. The molecule has 0 radical (unpaired) electrons. The second-order valence-electron chi connectivity index (χ2n) is 5.57. The highest BCUT2D eigenvalue weighted by atomic mass is 127. The fourth-order valence-corrected chi connectivity index (χ4v) is 3.21. The van der Waals surface area contributed by atoms with Crippen LogP contribution in [-0.4, -0.2) is 51.9 Å².